The second-order valence-electron chi connectivity index (χ2n) is 4.77. The summed E-state index contributed by atoms with van der Waals surface area (Å²) in [6, 6.07) is 6.27. The third-order valence-electron chi connectivity index (χ3n) is 2.81. The maximum Gasteiger partial charge on any atom is 0.317 e. The van der Waals surface area contributed by atoms with Crippen LogP contribution in [0.25, 0.3) is 0 Å². The Bertz CT molecular complexity index is 570. The molecule has 21 heavy (non-hydrogen) atoms. The van der Waals surface area contributed by atoms with Crippen LogP contribution in [0.5, 0.6) is 5.75 Å². The van der Waals surface area contributed by atoms with Crippen molar-refractivity contribution in [2.24, 2.45) is 0 Å². The van der Waals surface area contributed by atoms with Crippen molar-refractivity contribution in [3.8, 4) is 5.75 Å². The molecular weight excluding hydrogens is 294 g/mol. The van der Waals surface area contributed by atoms with E-state index >= 15 is 0 Å². The summed E-state index contributed by atoms with van der Waals surface area (Å²) in [7, 11) is -3.26. The second-order valence-corrected chi connectivity index (χ2v) is 6.78. The summed E-state index contributed by atoms with van der Waals surface area (Å²) in [6.45, 7) is 3.41. The van der Waals surface area contributed by atoms with Gasteiger partial charge in [-0.05, 0) is 31.2 Å². The molecule has 0 unspecified atom stereocenters. The highest BCUT2D eigenvalue weighted by Gasteiger charge is 2.10. The van der Waals surface area contributed by atoms with Crippen LogP contribution in [0.1, 0.15) is 13.3 Å². The van der Waals surface area contributed by atoms with Gasteiger partial charge in [-0.15, -0.1) is 0 Å². The average molecular weight is 315 g/mol. The summed E-state index contributed by atoms with van der Waals surface area (Å²) >= 11 is 0. The number of carboxylic acids is 1. The van der Waals surface area contributed by atoms with Crippen molar-refractivity contribution < 1.29 is 23.1 Å². The van der Waals surface area contributed by atoms with E-state index in [0.29, 0.717) is 25.4 Å². The average Bonchev–Trinajstić information content (AvgIpc) is 2.37. The fraction of sp³-hybridized carbons (Fsp3) is 0.500. The monoisotopic (exact) mass is 315 g/mol. The zero-order valence-corrected chi connectivity index (χ0v) is 13.1. The minimum atomic E-state index is -3.26. The molecule has 1 aromatic rings. The fourth-order valence-electron chi connectivity index (χ4n) is 1.86. The lowest BCUT2D eigenvalue weighted by Gasteiger charge is -2.19. The maximum absolute atomic E-state index is 11.4. The minimum Gasteiger partial charge on any atom is -0.492 e. The lowest BCUT2D eigenvalue weighted by molar-refractivity contribution is -0.138. The van der Waals surface area contributed by atoms with Gasteiger partial charge in [0.05, 0.1) is 11.4 Å². The smallest absolute Gasteiger partial charge is 0.317 e. The maximum atomic E-state index is 11.4. The molecule has 0 saturated heterocycles. The quantitative estimate of drug-likeness (QED) is 0.739. The SMILES string of the molecule is CCCN(CCOc1cccc(S(C)(=O)=O)c1)CC(=O)O. The number of carboxylic acid groups (broad SMARTS) is 1. The Hall–Kier alpha value is -1.60. The largest absolute Gasteiger partial charge is 0.492 e. The molecular formula is C14H21NO5S. The van der Waals surface area contributed by atoms with Crippen molar-refractivity contribution in [3.63, 3.8) is 0 Å². The number of sulfone groups is 1. The summed E-state index contributed by atoms with van der Waals surface area (Å²) in [5.41, 5.74) is 0. The number of aliphatic carboxylic acids is 1. The summed E-state index contributed by atoms with van der Waals surface area (Å²) in [5, 5.41) is 8.80. The van der Waals surface area contributed by atoms with Crippen LogP contribution < -0.4 is 4.74 Å². The molecule has 0 spiro atoms. The second kappa shape index (κ2) is 7.99. The highest BCUT2D eigenvalue weighted by atomic mass is 32.2. The van der Waals surface area contributed by atoms with E-state index in [1.165, 1.54) is 12.1 Å². The van der Waals surface area contributed by atoms with Crippen molar-refractivity contribution in [1.82, 2.24) is 4.90 Å². The van der Waals surface area contributed by atoms with Crippen LogP contribution in [0.3, 0.4) is 0 Å². The number of ether oxygens (including phenoxy) is 1. The number of benzene rings is 1. The normalized spacial score (nSPS) is 11.6. The van der Waals surface area contributed by atoms with E-state index in [4.69, 9.17) is 9.84 Å². The first-order valence-electron chi connectivity index (χ1n) is 6.70. The van der Waals surface area contributed by atoms with Crippen molar-refractivity contribution in [1.29, 1.82) is 0 Å². The molecule has 0 bridgehead atoms. The van der Waals surface area contributed by atoms with Crippen LogP contribution in [0.4, 0.5) is 0 Å². The zero-order valence-electron chi connectivity index (χ0n) is 12.3. The molecule has 0 aliphatic carbocycles. The number of hydrogen-bond acceptors (Lipinski definition) is 5. The van der Waals surface area contributed by atoms with Crippen LogP contribution >= 0.6 is 0 Å². The Morgan fingerprint density at radius 1 is 1.33 bits per heavy atom. The van der Waals surface area contributed by atoms with E-state index in [0.717, 1.165) is 12.7 Å². The van der Waals surface area contributed by atoms with Gasteiger partial charge in [-0.2, -0.15) is 0 Å². The van der Waals surface area contributed by atoms with Crippen LogP contribution in [0, 0.1) is 0 Å². The molecule has 0 amide bonds. The van der Waals surface area contributed by atoms with Gasteiger partial charge in [-0.1, -0.05) is 13.0 Å². The van der Waals surface area contributed by atoms with E-state index in [9.17, 15) is 13.2 Å². The molecule has 7 heteroatoms. The molecule has 0 radical (unpaired) electrons. The Morgan fingerprint density at radius 2 is 2.05 bits per heavy atom. The zero-order chi connectivity index (χ0) is 15.9. The molecule has 1 rings (SSSR count). The molecule has 0 heterocycles. The Kier molecular flexibility index (Phi) is 6.64. The third kappa shape index (κ3) is 6.59. The molecule has 6 nitrogen and oxygen atoms in total. The van der Waals surface area contributed by atoms with Crippen LogP contribution in [-0.2, 0) is 14.6 Å². The molecule has 0 aromatic heterocycles. The fourth-order valence-corrected chi connectivity index (χ4v) is 2.52. The van der Waals surface area contributed by atoms with Gasteiger partial charge in [0.25, 0.3) is 0 Å². The van der Waals surface area contributed by atoms with Gasteiger partial charge < -0.3 is 9.84 Å². The lowest BCUT2D eigenvalue weighted by atomic mass is 10.3. The van der Waals surface area contributed by atoms with E-state index in [-0.39, 0.29) is 11.4 Å². The van der Waals surface area contributed by atoms with Crippen LogP contribution in [0.15, 0.2) is 29.2 Å². The van der Waals surface area contributed by atoms with E-state index in [1.54, 1.807) is 17.0 Å². The van der Waals surface area contributed by atoms with E-state index in [1.807, 2.05) is 6.92 Å². The predicted molar refractivity (Wildman–Crippen MR) is 79.4 cm³/mol. The molecule has 0 aliphatic heterocycles. The van der Waals surface area contributed by atoms with Crippen molar-refractivity contribution in [2.75, 3.05) is 32.5 Å². The number of carbonyl (C=O) groups is 1. The van der Waals surface area contributed by atoms with Gasteiger partial charge in [0, 0.05) is 12.8 Å². The highest BCUT2D eigenvalue weighted by molar-refractivity contribution is 7.90. The van der Waals surface area contributed by atoms with Gasteiger partial charge in [0.1, 0.15) is 12.4 Å². The van der Waals surface area contributed by atoms with Crippen LogP contribution in [0.2, 0.25) is 0 Å². The van der Waals surface area contributed by atoms with Gasteiger partial charge in [0.15, 0.2) is 9.84 Å². The van der Waals surface area contributed by atoms with Crippen molar-refractivity contribution in [2.45, 2.75) is 18.2 Å². The lowest BCUT2D eigenvalue weighted by Crippen LogP contribution is -2.34. The first-order valence-corrected chi connectivity index (χ1v) is 8.59. The molecule has 1 N–H and O–H groups in total. The van der Waals surface area contributed by atoms with Crippen LogP contribution in [-0.4, -0.2) is 56.9 Å². The Balaban J connectivity index is 2.56. The summed E-state index contributed by atoms with van der Waals surface area (Å²) in [4.78, 5) is 12.7. The van der Waals surface area contributed by atoms with Gasteiger partial charge >= 0.3 is 5.97 Å². The predicted octanol–water partition coefficient (Wildman–Crippen LogP) is 1.27. The van der Waals surface area contributed by atoms with Gasteiger partial charge in [-0.3, -0.25) is 9.69 Å². The highest BCUT2D eigenvalue weighted by Crippen LogP contribution is 2.17. The molecule has 0 aliphatic rings. The van der Waals surface area contributed by atoms with Crippen molar-refractivity contribution >= 4 is 15.8 Å². The summed E-state index contributed by atoms with van der Waals surface area (Å²) < 4.78 is 28.4. The first kappa shape index (κ1) is 17.5. The first-order chi connectivity index (χ1) is 9.82. The molecule has 118 valence electrons. The van der Waals surface area contributed by atoms with E-state index < -0.39 is 15.8 Å². The van der Waals surface area contributed by atoms with Gasteiger partial charge in [-0.25, -0.2) is 8.42 Å². The summed E-state index contributed by atoms with van der Waals surface area (Å²) in [6.07, 6.45) is 2.00. The molecule has 0 atom stereocenters. The molecule has 1 aromatic carbocycles. The van der Waals surface area contributed by atoms with Crippen molar-refractivity contribution in [3.05, 3.63) is 24.3 Å². The minimum absolute atomic E-state index is 0.0272. The van der Waals surface area contributed by atoms with Gasteiger partial charge in [0.2, 0.25) is 0 Å². The Morgan fingerprint density at radius 3 is 2.62 bits per heavy atom. The topological polar surface area (TPSA) is 83.9 Å². The van der Waals surface area contributed by atoms with E-state index in [2.05, 4.69) is 0 Å². The number of rotatable bonds is 9. The standard InChI is InChI=1S/C14H21NO5S/c1-3-7-15(11-14(16)17)8-9-20-12-5-4-6-13(10-12)21(2,18)19/h4-6,10H,3,7-9,11H2,1-2H3,(H,16,17). The third-order valence-corrected chi connectivity index (χ3v) is 3.92. The Labute approximate surface area is 125 Å². The molecule has 0 fully saturated rings. The number of hydrogen-bond donors (Lipinski definition) is 1. The number of nitrogens with zero attached hydrogens (tertiary/aromatic N) is 1. The summed E-state index contributed by atoms with van der Waals surface area (Å²) in [5.74, 6) is -0.410. The molecule has 0 saturated carbocycles.